The summed E-state index contributed by atoms with van der Waals surface area (Å²) in [4.78, 5) is 39.8. The maximum absolute atomic E-state index is 12.1. The van der Waals surface area contributed by atoms with Crippen LogP contribution < -0.4 is 16.4 Å². The number of hydrogen-bond donors (Lipinski definition) is 3. The van der Waals surface area contributed by atoms with Crippen molar-refractivity contribution in [2.75, 3.05) is 17.2 Å². The minimum atomic E-state index is -0.679. The molecular weight excluding hydrogens is 332 g/mol. The Kier molecular flexibility index (Phi) is 5.48. The number of hydrogen-bond acceptors (Lipinski definition) is 6. The largest absolute Gasteiger partial charge is 0.462 e. The van der Waals surface area contributed by atoms with Crippen LogP contribution >= 0.6 is 11.3 Å². The summed E-state index contributed by atoms with van der Waals surface area (Å²) < 4.78 is 4.97. The molecule has 2 rings (SSSR count). The van der Waals surface area contributed by atoms with Gasteiger partial charge < -0.3 is 10.5 Å². The average molecular weight is 348 g/mol. The third-order valence-corrected chi connectivity index (χ3v) is 4.21. The van der Waals surface area contributed by atoms with E-state index < -0.39 is 17.9 Å². The van der Waals surface area contributed by atoms with Crippen molar-refractivity contribution in [2.45, 2.75) is 13.8 Å². The van der Waals surface area contributed by atoms with Crippen molar-refractivity contribution in [1.82, 2.24) is 4.98 Å². The number of primary amides is 1. The zero-order valence-corrected chi connectivity index (χ0v) is 13.9. The first kappa shape index (κ1) is 17.4. The molecule has 0 saturated carbocycles. The van der Waals surface area contributed by atoms with Crippen molar-refractivity contribution in [3.8, 4) is 0 Å². The van der Waals surface area contributed by atoms with E-state index in [2.05, 4.69) is 15.6 Å². The number of carbonyl (C=O) groups excluding carboxylic acids is 3. The Labute approximate surface area is 142 Å². The molecule has 3 amide bonds. The van der Waals surface area contributed by atoms with E-state index in [4.69, 9.17) is 10.5 Å². The SMILES string of the molecule is CCOC(=O)c1c(NC(=O)Nc2ccccn2)sc(C(N)=O)c1C. The molecule has 8 nitrogen and oxygen atoms in total. The molecule has 24 heavy (non-hydrogen) atoms. The predicted molar refractivity (Wildman–Crippen MR) is 90.4 cm³/mol. The quantitative estimate of drug-likeness (QED) is 0.716. The second-order valence-corrected chi connectivity index (χ2v) is 5.66. The Bertz CT molecular complexity index is 773. The molecule has 0 unspecified atom stereocenters. The molecule has 0 aliphatic carbocycles. The summed E-state index contributed by atoms with van der Waals surface area (Å²) in [6.07, 6.45) is 1.53. The third kappa shape index (κ3) is 3.87. The van der Waals surface area contributed by atoms with Gasteiger partial charge >= 0.3 is 12.0 Å². The molecule has 0 bridgehead atoms. The second-order valence-electron chi connectivity index (χ2n) is 4.64. The zero-order valence-electron chi connectivity index (χ0n) is 13.1. The number of nitrogens with one attached hydrogen (secondary N) is 2. The maximum atomic E-state index is 12.1. The lowest BCUT2D eigenvalue weighted by atomic mass is 10.1. The molecule has 4 N–H and O–H groups in total. The molecule has 9 heteroatoms. The van der Waals surface area contributed by atoms with Gasteiger partial charge in [0, 0.05) is 6.20 Å². The van der Waals surface area contributed by atoms with E-state index in [1.165, 1.54) is 6.20 Å². The van der Waals surface area contributed by atoms with Crippen LogP contribution in [0, 0.1) is 6.92 Å². The number of nitrogens with two attached hydrogens (primary N) is 1. The maximum Gasteiger partial charge on any atom is 0.341 e. The van der Waals surface area contributed by atoms with Crippen LogP contribution in [0.25, 0.3) is 0 Å². The van der Waals surface area contributed by atoms with Crippen LogP contribution in [0.1, 0.15) is 32.5 Å². The lowest BCUT2D eigenvalue weighted by Crippen LogP contribution is -2.21. The number of anilines is 2. The summed E-state index contributed by atoms with van der Waals surface area (Å²) in [6, 6.07) is 4.44. The Balaban J connectivity index is 2.28. The van der Waals surface area contributed by atoms with E-state index in [0.717, 1.165) is 11.3 Å². The highest BCUT2D eigenvalue weighted by atomic mass is 32.1. The third-order valence-electron chi connectivity index (χ3n) is 2.98. The Hall–Kier alpha value is -2.94. The smallest absolute Gasteiger partial charge is 0.341 e. The van der Waals surface area contributed by atoms with E-state index >= 15 is 0 Å². The van der Waals surface area contributed by atoms with Gasteiger partial charge in [-0.15, -0.1) is 11.3 Å². The first-order valence-electron chi connectivity index (χ1n) is 7.03. The van der Waals surface area contributed by atoms with Crippen molar-refractivity contribution >= 4 is 40.1 Å². The molecular formula is C15H16N4O4S. The first-order chi connectivity index (χ1) is 11.4. The lowest BCUT2D eigenvalue weighted by molar-refractivity contribution is 0.0527. The highest BCUT2D eigenvalue weighted by Gasteiger charge is 2.25. The fourth-order valence-electron chi connectivity index (χ4n) is 1.97. The number of thiophene rings is 1. The first-order valence-corrected chi connectivity index (χ1v) is 7.85. The molecule has 0 atom stereocenters. The normalized spacial score (nSPS) is 10.1. The summed E-state index contributed by atoms with van der Waals surface area (Å²) in [7, 11) is 0. The molecule has 0 aromatic carbocycles. The molecule has 2 aromatic rings. The van der Waals surface area contributed by atoms with Crippen LogP contribution in [0.4, 0.5) is 15.6 Å². The van der Waals surface area contributed by atoms with Crippen LogP contribution in [0.15, 0.2) is 24.4 Å². The Morgan fingerprint density at radius 1 is 1.29 bits per heavy atom. The molecule has 0 radical (unpaired) electrons. The number of esters is 1. The molecule has 0 aliphatic rings. The molecule has 2 heterocycles. The lowest BCUT2D eigenvalue weighted by Gasteiger charge is -2.08. The number of aromatic nitrogens is 1. The van der Waals surface area contributed by atoms with Crippen LogP contribution in [-0.4, -0.2) is 29.5 Å². The predicted octanol–water partition coefficient (Wildman–Crippen LogP) is 2.37. The second kappa shape index (κ2) is 7.55. The minimum absolute atomic E-state index is 0.117. The summed E-state index contributed by atoms with van der Waals surface area (Å²) in [6.45, 7) is 3.40. The molecule has 0 spiro atoms. The molecule has 126 valence electrons. The van der Waals surface area contributed by atoms with Crippen LogP contribution in [0.5, 0.6) is 0 Å². The summed E-state index contributed by atoms with van der Waals surface area (Å²) >= 11 is 0.920. The Morgan fingerprint density at radius 3 is 2.62 bits per heavy atom. The van der Waals surface area contributed by atoms with Gasteiger partial charge in [-0.1, -0.05) is 6.07 Å². The van der Waals surface area contributed by atoms with Gasteiger partial charge in [-0.2, -0.15) is 0 Å². The topological polar surface area (TPSA) is 123 Å². The standard InChI is InChI=1S/C15H16N4O4S/c1-3-23-14(21)10-8(2)11(12(16)20)24-13(10)19-15(22)18-9-6-4-5-7-17-9/h4-7H,3H2,1-2H3,(H2,16,20)(H2,17,18,19,22). The summed E-state index contributed by atoms with van der Waals surface area (Å²) in [5, 5.41) is 5.25. The number of pyridine rings is 1. The van der Waals surface area contributed by atoms with Crippen LogP contribution in [0.3, 0.4) is 0 Å². The van der Waals surface area contributed by atoms with E-state index in [-0.39, 0.29) is 22.0 Å². The fraction of sp³-hybridized carbons (Fsp3) is 0.200. The van der Waals surface area contributed by atoms with Crippen molar-refractivity contribution in [2.24, 2.45) is 5.73 Å². The molecule has 0 saturated heterocycles. The van der Waals surface area contributed by atoms with Gasteiger partial charge in [0.1, 0.15) is 10.8 Å². The molecule has 0 fully saturated rings. The monoisotopic (exact) mass is 348 g/mol. The van der Waals surface area contributed by atoms with Gasteiger partial charge in [-0.05, 0) is 31.5 Å². The van der Waals surface area contributed by atoms with E-state index in [1.807, 2.05) is 0 Å². The van der Waals surface area contributed by atoms with E-state index in [9.17, 15) is 14.4 Å². The van der Waals surface area contributed by atoms with Crippen molar-refractivity contribution in [1.29, 1.82) is 0 Å². The van der Waals surface area contributed by atoms with Gasteiger partial charge in [0.05, 0.1) is 17.0 Å². The molecule has 0 aliphatic heterocycles. The van der Waals surface area contributed by atoms with Gasteiger partial charge in [0.15, 0.2) is 0 Å². The van der Waals surface area contributed by atoms with Gasteiger partial charge in [0.25, 0.3) is 5.91 Å². The van der Waals surface area contributed by atoms with Crippen molar-refractivity contribution < 1.29 is 19.1 Å². The molecule has 2 aromatic heterocycles. The summed E-state index contributed by atoms with van der Waals surface area (Å²) in [5.41, 5.74) is 5.80. The van der Waals surface area contributed by atoms with Gasteiger partial charge in [-0.3, -0.25) is 15.4 Å². The number of carbonyl (C=O) groups is 3. The zero-order chi connectivity index (χ0) is 17.7. The number of amides is 3. The van der Waals surface area contributed by atoms with Crippen LogP contribution in [-0.2, 0) is 4.74 Å². The highest BCUT2D eigenvalue weighted by Crippen LogP contribution is 2.33. The minimum Gasteiger partial charge on any atom is -0.462 e. The van der Waals surface area contributed by atoms with Crippen LogP contribution in [0.2, 0.25) is 0 Å². The van der Waals surface area contributed by atoms with E-state index in [1.54, 1.807) is 32.0 Å². The summed E-state index contributed by atoms with van der Waals surface area (Å²) in [5.74, 6) is -0.968. The highest BCUT2D eigenvalue weighted by molar-refractivity contribution is 7.18. The fourth-order valence-corrected chi connectivity index (χ4v) is 3.02. The number of rotatable bonds is 5. The number of nitrogens with zero attached hydrogens (tertiary/aromatic N) is 1. The van der Waals surface area contributed by atoms with Crippen molar-refractivity contribution in [3.63, 3.8) is 0 Å². The van der Waals surface area contributed by atoms with Gasteiger partial charge in [-0.25, -0.2) is 14.6 Å². The Morgan fingerprint density at radius 2 is 2.04 bits per heavy atom. The van der Waals surface area contributed by atoms with E-state index in [0.29, 0.717) is 11.4 Å². The van der Waals surface area contributed by atoms with Crippen molar-refractivity contribution in [3.05, 3.63) is 40.4 Å². The van der Waals surface area contributed by atoms with Gasteiger partial charge in [0.2, 0.25) is 0 Å². The number of ether oxygens (including phenoxy) is 1. The number of urea groups is 1. The average Bonchev–Trinajstić information content (AvgIpc) is 2.85.